The Morgan fingerprint density at radius 1 is 1.24 bits per heavy atom. The number of aromatic amines is 1. The van der Waals surface area contributed by atoms with Crippen LogP contribution in [-0.4, -0.2) is 17.3 Å². The van der Waals surface area contributed by atoms with E-state index in [-0.39, 0.29) is 0 Å². The van der Waals surface area contributed by atoms with Crippen molar-refractivity contribution in [3.8, 4) is 27.4 Å². The van der Waals surface area contributed by atoms with E-state index in [0.29, 0.717) is 5.82 Å². The first-order valence-corrected chi connectivity index (χ1v) is 7.62. The number of aromatic nitrogens is 2. The first kappa shape index (κ1) is 13.7. The van der Waals surface area contributed by atoms with Crippen LogP contribution in [0, 0.1) is 0 Å². The lowest BCUT2D eigenvalue weighted by atomic mass is 10.0. The molecule has 3 aromatic rings. The molecule has 2 heterocycles. The van der Waals surface area contributed by atoms with E-state index in [1.165, 1.54) is 4.88 Å². The number of hydrogen-bond acceptors (Lipinski definition) is 4. The summed E-state index contributed by atoms with van der Waals surface area (Å²) >= 11 is 1.75. The minimum atomic E-state index is 0.487. The average molecular weight is 299 g/mol. The van der Waals surface area contributed by atoms with E-state index in [0.717, 1.165) is 33.9 Å². The highest BCUT2D eigenvalue weighted by Gasteiger charge is 2.18. The van der Waals surface area contributed by atoms with Gasteiger partial charge in [-0.3, -0.25) is 5.10 Å². The van der Waals surface area contributed by atoms with Gasteiger partial charge in [-0.25, -0.2) is 0 Å². The van der Waals surface area contributed by atoms with Gasteiger partial charge in [-0.2, -0.15) is 5.10 Å². The quantitative estimate of drug-likeness (QED) is 0.766. The molecule has 0 aliphatic heterocycles. The molecule has 108 valence electrons. The van der Waals surface area contributed by atoms with E-state index in [4.69, 9.17) is 10.5 Å². The summed E-state index contributed by atoms with van der Waals surface area (Å²) in [4.78, 5) is 2.47. The van der Waals surface area contributed by atoms with Crippen LogP contribution in [-0.2, 0) is 6.42 Å². The number of H-pyrrole nitrogens is 1. The van der Waals surface area contributed by atoms with Crippen molar-refractivity contribution in [1.82, 2.24) is 10.2 Å². The van der Waals surface area contributed by atoms with Gasteiger partial charge in [0, 0.05) is 10.4 Å². The molecule has 0 fully saturated rings. The molecular weight excluding hydrogens is 282 g/mol. The molecule has 21 heavy (non-hydrogen) atoms. The van der Waals surface area contributed by atoms with Gasteiger partial charge >= 0.3 is 0 Å². The molecule has 3 rings (SSSR count). The number of nitrogens with one attached hydrogen (secondary N) is 1. The maximum atomic E-state index is 6.08. The molecule has 0 saturated heterocycles. The zero-order valence-electron chi connectivity index (χ0n) is 12.0. The fourth-order valence-corrected chi connectivity index (χ4v) is 3.31. The number of ether oxygens (including phenoxy) is 1. The number of nitrogen functional groups attached to an aromatic ring is 1. The van der Waals surface area contributed by atoms with Crippen LogP contribution in [0.15, 0.2) is 36.4 Å². The van der Waals surface area contributed by atoms with Crippen LogP contribution < -0.4 is 10.5 Å². The van der Waals surface area contributed by atoms with E-state index < -0.39 is 0 Å². The van der Waals surface area contributed by atoms with Gasteiger partial charge < -0.3 is 10.5 Å². The van der Waals surface area contributed by atoms with Crippen molar-refractivity contribution < 1.29 is 4.74 Å². The Kier molecular flexibility index (Phi) is 3.66. The number of para-hydroxylation sites is 1. The molecule has 0 unspecified atom stereocenters. The number of nitrogens with two attached hydrogens (primary N) is 1. The van der Waals surface area contributed by atoms with Crippen LogP contribution in [0.5, 0.6) is 5.75 Å². The van der Waals surface area contributed by atoms with Gasteiger partial charge in [-0.1, -0.05) is 25.1 Å². The third-order valence-corrected chi connectivity index (χ3v) is 4.67. The number of aryl methyl sites for hydroxylation is 1. The van der Waals surface area contributed by atoms with Crippen molar-refractivity contribution in [3.63, 3.8) is 0 Å². The molecule has 0 saturated carbocycles. The molecule has 5 heteroatoms. The average Bonchev–Trinajstić information content (AvgIpc) is 3.13. The van der Waals surface area contributed by atoms with E-state index >= 15 is 0 Å². The van der Waals surface area contributed by atoms with Gasteiger partial charge in [0.05, 0.1) is 23.2 Å². The summed E-state index contributed by atoms with van der Waals surface area (Å²) in [5, 5.41) is 7.24. The summed E-state index contributed by atoms with van der Waals surface area (Å²) in [5.74, 6) is 1.28. The van der Waals surface area contributed by atoms with E-state index in [2.05, 4.69) is 29.3 Å². The summed E-state index contributed by atoms with van der Waals surface area (Å²) in [7, 11) is 1.66. The number of nitrogens with zero attached hydrogens (tertiary/aromatic N) is 1. The number of methoxy groups -OCH3 is 1. The highest BCUT2D eigenvalue weighted by Crippen LogP contribution is 2.41. The largest absolute Gasteiger partial charge is 0.496 e. The molecule has 0 atom stereocenters. The lowest BCUT2D eigenvalue weighted by Gasteiger charge is -2.08. The lowest BCUT2D eigenvalue weighted by molar-refractivity contribution is 0.416. The van der Waals surface area contributed by atoms with Crippen molar-refractivity contribution >= 4 is 17.2 Å². The predicted molar refractivity (Wildman–Crippen MR) is 87.7 cm³/mol. The first-order chi connectivity index (χ1) is 10.2. The molecule has 0 radical (unpaired) electrons. The third kappa shape index (κ3) is 2.40. The van der Waals surface area contributed by atoms with Crippen LogP contribution in [0.3, 0.4) is 0 Å². The molecule has 0 bridgehead atoms. The summed E-state index contributed by atoms with van der Waals surface area (Å²) < 4.78 is 5.45. The second kappa shape index (κ2) is 5.61. The van der Waals surface area contributed by atoms with Crippen molar-refractivity contribution in [2.45, 2.75) is 13.3 Å². The number of anilines is 1. The fraction of sp³-hybridized carbons (Fsp3) is 0.188. The molecule has 1 aromatic carbocycles. The molecule has 0 spiro atoms. The predicted octanol–water partition coefficient (Wildman–Crippen LogP) is 3.96. The molecule has 3 N–H and O–H groups in total. The van der Waals surface area contributed by atoms with E-state index in [1.54, 1.807) is 18.4 Å². The second-order valence-corrected chi connectivity index (χ2v) is 5.85. The molecule has 0 amide bonds. The van der Waals surface area contributed by atoms with Crippen LogP contribution in [0.2, 0.25) is 0 Å². The number of benzene rings is 1. The van der Waals surface area contributed by atoms with Crippen molar-refractivity contribution in [1.29, 1.82) is 0 Å². The van der Waals surface area contributed by atoms with Gasteiger partial charge in [-0.05, 0) is 24.6 Å². The Morgan fingerprint density at radius 2 is 2.05 bits per heavy atom. The van der Waals surface area contributed by atoms with Gasteiger partial charge in [0.15, 0.2) is 5.82 Å². The smallest absolute Gasteiger partial charge is 0.153 e. The Balaban J connectivity index is 2.17. The molecular formula is C16H17N3OS. The van der Waals surface area contributed by atoms with E-state index in [9.17, 15) is 0 Å². The monoisotopic (exact) mass is 299 g/mol. The second-order valence-electron chi connectivity index (χ2n) is 4.68. The molecule has 0 aliphatic rings. The van der Waals surface area contributed by atoms with Crippen LogP contribution in [0.4, 0.5) is 5.82 Å². The zero-order valence-corrected chi connectivity index (χ0v) is 12.8. The maximum Gasteiger partial charge on any atom is 0.153 e. The van der Waals surface area contributed by atoms with Gasteiger partial charge in [-0.15, -0.1) is 11.3 Å². The van der Waals surface area contributed by atoms with E-state index in [1.807, 2.05) is 24.3 Å². The first-order valence-electron chi connectivity index (χ1n) is 6.81. The summed E-state index contributed by atoms with van der Waals surface area (Å²) in [6.45, 7) is 2.15. The minimum absolute atomic E-state index is 0.487. The van der Waals surface area contributed by atoms with Gasteiger partial charge in [0.2, 0.25) is 0 Å². The lowest BCUT2D eigenvalue weighted by Crippen LogP contribution is -1.92. The number of rotatable bonds is 4. The minimum Gasteiger partial charge on any atom is -0.496 e. The normalized spacial score (nSPS) is 10.8. The van der Waals surface area contributed by atoms with Crippen molar-refractivity contribution in [2.24, 2.45) is 0 Å². The standard InChI is InChI=1S/C16H17N3OS/c1-3-10-8-9-13(21-10)15-14(16(17)19-18-15)11-6-4-5-7-12(11)20-2/h4-9H,3H2,1-2H3,(H3,17,18,19). The summed E-state index contributed by atoms with van der Waals surface area (Å²) in [6, 6.07) is 12.1. The highest BCUT2D eigenvalue weighted by molar-refractivity contribution is 7.15. The van der Waals surface area contributed by atoms with Gasteiger partial charge in [0.25, 0.3) is 0 Å². The van der Waals surface area contributed by atoms with Crippen LogP contribution in [0.1, 0.15) is 11.8 Å². The van der Waals surface area contributed by atoms with Crippen LogP contribution in [0.25, 0.3) is 21.7 Å². The SMILES string of the molecule is CCc1ccc(-c2[nH]nc(N)c2-c2ccccc2OC)s1. The Bertz CT molecular complexity index is 760. The Hall–Kier alpha value is -2.27. The fourth-order valence-electron chi connectivity index (χ4n) is 2.36. The molecule has 4 nitrogen and oxygen atoms in total. The number of hydrogen-bond donors (Lipinski definition) is 2. The third-order valence-electron chi connectivity index (χ3n) is 3.43. The highest BCUT2D eigenvalue weighted by atomic mass is 32.1. The Labute approximate surface area is 127 Å². The zero-order chi connectivity index (χ0) is 14.8. The summed E-state index contributed by atoms with van der Waals surface area (Å²) in [5.41, 5.74) is 8.88. The number of thiophene rings is 1. The molecule has 0 aliphatic carbocycles. The molecule has 2 aromatic heterocycles. The van der Waals surface area contributed by atoms with Gasteiger partial charge in [0.1, 0.15) is 5.75 Å². The van der Waals surface area contributed by atoms with Crippen LogP contribution >= 0.6 is 11.3 Å². The topological polar surface area (TPSA) is 63.9 Å². The van der Waals surface area contributed by atoms with Crippen molar-refractivity contribution in [2.75, 3.05) is 12.8 Å². The Morgan fingerprint density at radius 3 is 2.76 bits per heavy atom. The van der Waals surface area contributed by atoms with Crippen molar-refractivity contribution in [3.05, 3.63) is 41.3 Å². The maximum absolute atomic E-state index is 6.08. The summed E-state index contributed by atoms with van der Waals surface area (Å²) in [6.07, 6.45) is 1.03.